The molecule has 92 valence electrons. The molecule has 0 spiro atoms. The molecule has 0 heterocycles. The lowest BCUT2D eigenvalue weighted by molar-refractivity contribution is 0.305. The van der Waals surface area contributed by atoms with E-state index in [1.807, 2.05) is 48.5 Å². The van der Waals surface area contributed by atoms with Gasteiger partial charge in [0, 0.05) is 10.0 Å². The van der Waals surface area contributed by atoms with Gasteiger partial charge in [0.25, 0.3) is 0 Å². The van der Waals surface area contributed by atoms with Crippen molar-refractivity contribution in [2.24, 2.45) is 10.9 Å². The predicted molar refractivity (Wildman–Crippen MR) is 76.7 cm³/mol. The first-order valence-electron chi connectivity index (χ1n) is 5.49. The Hall–Kier alpha value is -1.81. The molecule has 0 fully saturated rings. The van der Waals surface area contributed by atoms with Gasteiger partial charge in [0.1, 0.15) is 12.4 Å². The highest BCUT2D eigenvalue weighted by atomic mass is 79.9. The Morgan fingerprint density at radius 3 is 2.78 bits per heavy atom. The Bertz CT molecular complexity index is 555. The lowest BCUT2D eigenvalue weighted by atomic mass is 10.2. The summed E-state index contributed by atoms with van der Waals surface area (Å²) in [5.74, 6) is 5.93. The molecule has 0 aliphatic carbocycles. The van der Waals surface area contributed by atoms with E-state index in [0.717, 1.165) is 21.3 Å². The minimum absolute atomic E-state index is 0.509. The molecular formula is C14H13BrN2O. The second kappa shape index (κ2) is 6.21. The molecule has 2 aromatic rings. The first kappa shape index (κ1) is 12.6. The summed E-state index contributed by atoms with van der Waals surface area (Å²) >= 11 is 3.43. The van der Waals surface area contributed by atoms with Crippen LogP contribution in [0.3, 0.4) is 0 Å². The highest BCUT2D eigenvalue weighted by Gasteiger charge is 2.01. The zero-order valence-electron chi connectivity index (χ0n) is 9.71. The summed E-state index contributed by atoms with van der Waals surface area (Å²) in [5, 5.41) is 3.52. The Labute approximate surface area is 114 Å². The van der Waals surface area contributed by atoms with Crippen molar-refractivity contribution < 1.29 is 4.74 Å². The van der Waals surface area contributed by atoms with Gasteiger partial charge in [0.15, 0.2) is 0 Å². The number of ether oxygens (including phenoxy) is 1. The monoisotopic (exact) mass is 304 g/mol. The summed E-state index contributed by atoms with van der Waals surface area (Å²) in [4.78, 5) is 0. The van der Waals surface area contributed by atoms with E-state index in [1.165, 1.54) is 0 Å². The second-order valence-electron chi connectivity index (χ2n) is 3.73. The zero-order chi connectivity index (χ0) is 12.8. The molecule has 2 rings (SSSR count). The van der Waals surface area contributed by atoms with Crippen LogP contribution >= 0.6 is 15.9 Å². The van der Waals surface area contributed by atoms with Crippen LogP contribution in [-0.4, -0.2) is 6.21 Å². The van der Waals surface area contributed by atoms with Crippen LogP contribution in [0.5, 0.6) is 5.75 Å². The smallest absolute Gasteiger partial charge is 0.128 e. The lowest BCUT2D eigenvalue weighted by Crippen LogP contribution is -1.98. The maximum absolute atomic E-state index is 5.76. The molecule has 0 unspecified atom stereocenters. The van der Waals surface area contributed by atoms with Crippen LogP contribution < -0.4 is 10.6 Å². The summed E-state index contributed by atoms with van der Waals surface area (Å²) in [6.45, 7) is 0.509. The van der Waals surface area contributed by atoms with Crippen molar-refractivity contribution in [2.45, 2.75) is 6.61 Å². The molecule has 2 aromatic carbocycles. The largest absolute Gasteiger partial charge is 0.488 e. The predicted octanol–water partition coefficient (Wildman–Crippen LogP) is 3.32. The van der Waals surface area contributed by atoms with Crippen LogP contribution in [0.15, 0.2) is 58.1 Å². The van der Waals surface area contributed by atoms with Crippen LogP contribution in [0.4, 0.5) is 0 Å². The van der Waals surface area contributed by atoms with Crippen molar-refractivity contribution in [2.75, 3.05) is 0 Å². The van der Waals surface area contributed by atoms with E-state index in [2.05, 4.69) is 21.0 Å². The third-order valence-corrected chi connectivity index (χ3v) is 2.91. The molecule has 3 nitrogen and oxygen atoms in total. The number of hydrazone groups is 1. The molecule has 0 bridgehead atoms. The molecule has 0 aliphatic rings. The van der Waals surface area contributed by atoms with Gasteiger partial charge in [0.05, 0.1) is 6.21 Å². The quantitative estimate of drug-likeness (QED) is 0.535. The number of hydrogen-bond acceptors (Lipinski definition) is 3. The summed E-state index contributed by atoms with van der Waals surface area (Å²) in [6, 6.07) is 15.7. The Kier molecular flexibility index (Phi) is 4.36. The Morgan fingerprint density at radius 2 is 2.00 bits per heavy atom. The molecule has 0 aliphatic heterocycles. The minimum Gasteiger partial charge on any atom is -0.488 e. The average Bonchev–Trinajstić information content (AvgIpc) is 2.38. The van der Waals surface area contributed by atoms with Crippen LogP contribution in [-0.2, 0) is 6.61 Å². The SMILES string of the molecule is NN=Cc1ccccc1OCc1cccc(Br)c1. The minimum atomic E-state index is 0.509. The molecule has 18 heavy (non-hydrogen) atoms. The number of rotatable bonds is 4. The number of nitrogens with zero attached hydrogens (tertiary/aromatic N) is 1. The van der Waals surface area contributed by atoms with E-state index in [9.17, 15) is 0 Å². The van der Waals surface area contributed by atoms with Gasteiger partial charge in [-0.25, -0.2) is 0 Å². The Balaban J connectivity index is 2.10. The molecule has 4 heteroatoms. The van der Waals surface area contributed by atoms with E-state index in [1.54, 1.807) is 6.21 Å². The van der Waals surface area contributed by atoms with Gasteiger partial charge in [-0.3, -0.25) is 0 Å². The molecular weight excluding hydrogens is 292 g/mol. The molecule has 0 atom stereocenters. The van der Waals surface area contributed by atoms with Gasteiger partial charge >= 0.3 is 0 Å². The maximum Gasteiger partial charge on any atom is 0.128 e. The second-order valence-corrected chi connectivity index (χ2v) is 4.65. The third kappa shape index (κ3) is 3.34. The summed E-state index contributed by atoms with van der Waals surface area (Å²) in [7, 11) is 0. The van der Waals surface area contributed by atoms with E-state index in [4.69, 9.17) is 10.6 Å². The zero-order valence-corrected chi connectivity index (χ0v) is 11.3. The van der Waals surface area contributed by atoms with Gasteiger partial charge in [-0.05, 0) is 29.8 Å². The fraction of sp³-hybridized carbons (Fsp3) is 0.0714. The van der Waals surface area contributed by atoms with Crippen LogP contribution in [0.1, 0.15) is 11.1 Å². The lowest BCUT2D eigenvalue weighted by Gasteiger charge is -2.09. The number of hydrogen-bond donors (Lipinski definition) is 1. The molecule has 0 aromatic heterocycles. The topological polar surface area (TPSA) is 47.6 Å². The van der Waals surface area contributed by atoms with Crippen molar-refractivity contribution >= 4 is 22.1 Å². The van der Waals surface area contributed by atoms with E-state index in [0.29, 0.717) is 6.61 Å². The summed E-state index contributed by atoms with van der Waals surface area (Å²) in [6.07, 6.45) is 1.58. The third-order valence-electron chi connectivity index (χ3n) is 2.42. The van der Waals surface area contributed by atoms with Gasteiger partial charge < -0.3 is 10.6 Å². The van der Waals surface area contributed by atoms with Crippen LogP contribution in [0, 0.1) is 0 Å². The molecule has 0 radical (unpaired) electrons. The van der Waals surface area contributed by atoms with Crippen molar-refractivity contribution in [3.63, 3.8) is 0 Å². The van der Waals surface area contributed by atoms with E-state index in [-0.39, 0.29) is 0 Å². The van der Waals surface area contributed by atoms with Gasteiger partial charge in [-0.15, -0.1) is 0 Å². The van der Waals surface area contributed by atoms with Gasteiger partial charge in [0.2, 0.25) is 0 Å². The summed E-state index contributed by atoms with van der Waals surface area (Å²) in [5.41, 5.74) is 1.97. The fourth-order valence-corrected chi connectivity index (χ4v) is 2.03. The van der Waals surface area contributed by atoms with Crippen LogP contribution in [0.2, 0.25) is 0 Å². The molecule has 2 N–H and O–H groups in total. The van der Waals surface area contributed by atoms with Crippen molar-refractivity contribution in [1.82, 2.24) is 0 Å². The van der Waals surface area contributed by atoms with Crippen molar-refractivity contribution in [3.8, 4) is 5.75 Å². The summed E-state index contributed by atoms with van der Waals surface area (Å²) < 4.78 is 6.81. The molecule has 0 saturated heterocycles. The molecule has 0 amide bonds. The van der Waals surface area contributed by atoms with Gasteiger partial charge in [-0.1, -0.05) is 40.2 Å². The standard InChI is InChI=1S/C14H13BrN2O/c15-13-6-3-4-11(8-13)10-18-14-7-2-1-5-12(14)9-17-16/h1-9H,10,16H2. The normalized spacial score (nSPS) is 10.7. The number of halogens is 1. The van der Waals surface area contributed by atoms with Crippen molar-refractivity contribution in [1.29, 1.82) is 0 Å². The number of nitrogens with two attached hydrogens (primary N) is 1. The molecule has 0 saturated carbocycles. The van der Waals surface area contributed by atoms with Crippen molar-refractivity contribution in [3.05, 3.63) is 64.1 Å². The maximum atomic E-state index is 5.76. The van der Waals surface area contributed by atoms with E-state index >= 15 is 0 Å². The Morgan fingerprint density at radius 1 is 1.17 bits per heavy atom. The average molecular weight is 305 g/mol. The number of para-hydroxylation sites is 1. The highest BCUT2D eigenvalue weighted by Crippen LogP contribution is 2.18. The highest BCUT2D eigenvalue weighted by molar-refractivity contribution is 9.10. The first-order valence-corrected chi connectivity index (χ1v) is 6.28. The van der Waals surface area contributed by atoms with E-state index < -0.39 is 0 Å². The van der Waals surface area contributed by atoms with Gasteiger partial charge in [-0.2, -0.15) is 5.10 Å². The van der Waals surface area contributed by atoms with Crippen LogP contribution in [0.25, 0.3) is 0 Å². The first-order chi connectivity index (χ1) is 8.79. The fourth-order valence-electron chi connectivity index (χ4n) is 1.59. The number of benzene rings is 2.